The highest BCUT2D eigenvalue weighted by atomic mass is 16.6. The van der Waals surface area contributed by atoms with E-state index in [1.54, 1.807) is 4.90 Å². The summed E-state index contributed by atoms with van der Waals surface area (Å²) in [6, 6.07) is 1.49. The third-order valence-corrected chi connectivity index (χ3v) is 15.6. The number of methoxy groups -OCH3 is 1. The maximum Gasteiger partial charge on any atom is 0.325 e. The molecule has 1 saturated heterocycles. The predicted molar refractivity (Wildman–Crippen MR) is 214 cm³/mol. The molecule has 1 aromatic carbocycles. The Balaban J connectivity index is 0.936. The standard InChI is InChI=1S/C42H61N7O10/c1-23(27-8-9-28-37-29(14-16-42(27,28)3)41(2)15-13-26(50)18-24(41)19-33(37)51)7-12-35(53)48-22-25(20-32(48)40(55)44-21-36(54)58-4)45-34(52)6-5-17-43-30-10-11-31(49(56)57)39-38(30)46-59-47-39/h10-11,23-29,32-33,37,43,50-51H,5-9,12-22H2,1-4H3,(H,44,55)(H,45,52)/t23-,24?,25+,26-,27-,28?,29?,32+,33?,37?,41+,42-/m1/s1. The molecule has 17 nitrogen and oxygen atoms in total. The Hall–Kier alpha value is -4.38. The van der Waals surface area contributed by atoms with Crippen molar-refractivity contribution < 1.29 is 43.7 Å². The van der Waals surface area contributed by atoms with Crippen molar-refractivity contribution >= 4 is 46.1 Å². The van der Waals surface area contributed by atoms with Gasteiger partial charge in [-0.15, -0.1) is 0 Å². The normalized spacial score (nSPS) is 34.3. The SMILES string of the molecule is COC(=O)CNC(=O)[C@@H]1C[C@H](NC(=O)CCCNc2ccc([N+](=O)[O-])c3nonc23)CN1C(=O)CC[C@@H](C)[C@H]1CCC2C3C(O)CC4C[C@H](O)CC[C@]4(C)C3CC[C@@]21C. The molecular weight excluding hydrogens is 763 g/mol. The molecule has 12 atom stereocenters. The second-order valence-electron chi connectivity index (χ2n) is 18.7. The first kappa shape index (κ1) is 42.7. The summed E-state index contributed by atoms with van der Waals surface area (Å²) in [5, 5.41) is 49.5. The average Bonchev–Trinajstić information content (AvgIpc) is 3.95. The molecule has 4 saturated carbocycles. The first-order chi connectivity index (χ1) is 28.1. The number of hydrogen-bond donors (Lipinski definition) is 5. The van der Waals surface area contributed by atoms with Gasteiger partial charge in [-0.1, -0.05) is 20.8 Å². The number of nitrogens with one attached hydrogen (secondary N) is 3. The van der Waals surface area contributed by atoms with E-state index < -0.39 is 28.9 Å². The fourth-order valence-corrected chi connectivity index (χ4v) is 12.6. The third kappa shape index (κ3) is 8.37. The zero-order valence-electron chi connectivity index (χ0n) is 34.7. The van der Waals surface area contributed by atoms with Crippen molar-refractivity contribution in [2.45, 2.75) is 129 Å². The Morgan fingerprint density at radius 3 is 2.53 bits per heavy atom. The first-order valence-electron chi connectivity index (χ1n) is 21.6. The maximum atomic E-state index is 14.0. The third-order valence-electron chi connectivity index (χ3n) is 15.6. The number of non-ortho nitro benzene ring substituents is 1. The van der Waals surface area contributed by atoms with Crippen LogP contribution in [0.5, 0.6) is 0 Å². The van der Waals surface area contributed by atoms with Crippen LogP contribution >= 0.6 is 0 Å². The fourth-order valence-electron chi connectivity index (χ4n) is 12.6. The van der Waals surface area contributed by atoms with Gasteiger partial charge in [-0.25, -0.2) is 4.63 Å². The smallest absolute Gasteiger partial charge is 0.325 e. The van der Waals surface area contributed by atoms with Gasteiger partial charge in [0.1, 0.15) is 12.6 Å². The summed E-state index contributed by atoms with van der Waals surface area (Å²) in [5.74, 6) is 0.664. The summed E-state index contributed by atoms with van der Waals surface area (Å²) in [6.45, 7) is 7.27. The van der Waals surface area contributed by atoms with E-state index in [1.165, 1.54) is 19.2 Å². The highest BCUT2D eigenvalue weighted by molar-refractivity contribution is 5.93. The Morgan fingerprint density at radius 1 is 1.02 bits per heavy atom. The lowest BCUT2D eigenvalue weighted by molar-refractivity contribution is -0.383. The fraction of sp³-hybridized carbons (Fsp3) is 0.762. The van der Waals surface area contributed by atoms with Gasteiger partial charge < -0.3 is 35.8 Å². The van der Waals surface area contributed by atoms with Crippen molar-refractivity contribution in [1.82, 2.24) is 25.8 Å². The van der Waals surface area contributed by atoms with Crippen molar-refractivity contribution in [2.75, 3.05) is 32.1 Å². The molecule has 5 aliphatic rings. The zero-order valence-corrected chi connectivity index (χ0v) is 34.7. The Kier molecular flexibility index (Phi) is 12.5. The van der Waals surface area contributed by atoms with Gasteiger partial charge in [0, 0.05) is 38.0 Å². The number of anilines is 1. The van der Waals surface area contributed by atoms with Crippen LogP contribution < -0.4 is 16.0 Å². The van der Waals surface area contributed by atoms with E-state index in [9.17, 15) is 39.5 Å². The summed E-state index contributed by atoms with van der Waals surface area (Å²) in [4.78, 5) is 64.6. The van der Waals surface area contributed by atoms with Gasteiger partial charge >= 0.3 is 11.7 Å². The average molecular weight is 824 g/mol. The number of aromatic nitrogens is 2. The molecule has 1 aromatic heterocycles. The number of aliphatic hydroxyl groups is 2. The van der Waals surface area contributed by atoms with Gasteiger partial charge in [-0.05, 0) is 133 Å². The number of fused-ring (bicyclic) bond motifs is 6. The molecule has 324 valence electrons. The van der Waals surface area contributed by atoms with Crippen molar-refractivity contribution in [3.8, 4) is 0 Å². The number of nitro groups is 1. The van der Waals surface area contributed by atoms with Gasteiger partial charge in [-0.2, -0.15) is 0 Å². The monoisotopic (exact) mass is 823 g/mol. The van der Waals surface area contributed by atoms with E-state index in [0.717, 1.165) is 51.4 Å². The van der Waals surface area contributed by atoms with Crippen LogP contribution in [0.1, 0.15) is 104 Å². The number of carbonyl (C=O) groups excluding carboxylic acids is 4. The minimum Gasteiger partial charge on any atom is -0.468 e. The Morgan fingerprint density at radius 2 is 1.76 bits per heavy atom. The number of hydrogen-bond acceptors (Lipinski definition) is 13. The molecular formula is C42H61N7O10. The van der Waals surface area contributed by atoms with Crippen LogP contribution in [0.25, 0.3) is 11.0 Å². The van der Waals surface area contributed by atoms with Crippen molar-refractivity contribution in [2.24, 2.45) is 46.3 Å². The number of aliphatic hydroxyl groups excluding tert-OH is 2. The largest absolute Gasteiger partial charge is 0.468 e. The number of amides is 3. The van der Waals surface area contributed by atoms with Crippen LogP contribution in [0.2, 0.25) is 0 Å². The molecule has 0 bridgehead atoms. The van der Waals surface area contributed by atoms with E-state index >= 15 is 0 Å². The minimum absolute atomic E-state index is 0.0244. The summed E-state index contributed by atoms with van der Waals surface area (Å²) in [6.07, 6.45) is 8.82. The van der Waals surface area contributed by atoms with E-state index in [1.807, 2.05) is 0 Å². The molecule has 5 unspecified atom stereocenters. The van der Waals surface area contributed by atoms with Crippen LogP contribution in [0.4, 0.5) is 11.4 Å². The lowest BCUT2D eigenvalue weighted by atomic mass is 9.43. The van der Waals surface area contributed by atoms with E-state index in [-0.39, 0.29) is 95.8 Å². The van der Waals surface area contributed by atoms with Gasteiger partial charge in [0.15, 0.2) is 5.52 Å². The highest BCUT2D eigenvalue weighted by Crippen LogP contribution is 2.68. The molecule has 0 spiro atoms. The summed E-state index contributed by atoms with van der Waals surface area (Å²) >= 11 is 0. The van der Waals surface area contributed by atoms with Gasteiger partial charge in [0.25, 0.3) is 0 Å². The summed E-state index contributed by atoms with van der Waals surface area (Å²) < 4.78 is 9.40. The molecule has 17 heteroatoms. The van der Waals surface area contributed by atoms with Crippen LogP contribution in [0.3, 0.4) is 0 Å². The van der Waals surface area contributed by atoms with Crippen LogP contribution in [0.15, 0.2) is 16.8 Å². The molecule has 7 rings (SSSR count). The molecule has 59 heavy (non-hydrogen) atoms. The molecule has 2 heterocycles. The second kappa shape index (κ2) is 17.3. The number of carbonyl (C=O) groups is 4. The quantitative estimate of drug-likeness (QED) is 0.0782. The number of benzene rings is 1. The molecule has 2 aromatic rings. The van der Waals surface area contributed by atoms with Crippen molar-refractivity contribution in [3.05, 3.63) is 22.2 Å². The van der Waals surface area contributed by atoms with Crippen LogP contribution in [0, 0.1) is 56.5 Å². The number of nitrogens with zero attached hydrogens (tertiary/aromatic N) is 4. The molecule has 3 amide bonds. The van der Waals surface area contributed by atoms with Crippen molar-refractivity contribution in [1.29, 1.82) is 0 Å². The number of esters is 1. The summed E-state index contributed by atoms with van der Waals surface area (Å²) in [7, 11) is 1.23. The van der Waals surface area contributed by atoms with Gasteiger partial charge in [0.2, 0.25) is 23.2 Å². The molecule has 5 fully saturated rings. The minimum atomic E-state index is -0.863. The van der Waals surface area contributed by atoms with Crippen LogP contribution in [-0.2, 0) is 23.9 Å². The van der Waals surface area contributed by atoms with Crippen molar-refractivity contribution in [3.63, 3.8) is 0 Å². The molecule has 1 aliphatic heterocycles. The molecule has 0 radical (unpaired) electrons. The zero-order chi connectivity index (χ0) is 42.2. The lowest BCUT2D eigenvalue weighted by Crippen LogP contribution is -2.58. The number of nitro benzene ring substituents is 1. The van der Waals surface area contributed by atoms with E-state index in [2.05, 4.69) is 51.8 Å². The second-order valence-corrected chi connectivity index (χ2v) is 18.7. The Labute approximate surface area is 344 Å². The first-order valence-corrected chi connectivity index (χ1v) is 21.6. The maximum absolute atomic E-state index is 14.0. The topological polar surface area (TPSA) is 239 Å². The highest BCUT2D eigenvalue weighted by Gasteiger charge is 2.63. The lowest BCUT2D eigenvalue weighted by Gasteiger charge is -2.62. The Bertz CT molecular complexity index is 1910. The van der Waals surface area contributed by atoms with E-state index in [4.69, 9.17) is 4.63 Å². The predicted octanol–water partition coefficient (Wildman–Crippen LogP) is 4.10. The molecule has 4 aliphatic carbocycles. The number of likely N-dealkylation sites (tertiary alicyclic amines) is 1. The summed E-state index contributed by atoms with van der Waals surface area (Å²) in [5.41, 5.74) is 0.726. The number of rotatable bonds is 14. The molecule has 5 N–H and O–H groups in total. The van der Waals surface area contributed by atoms with E-state index in [0.29, 0.717) is 48.7 Å². The van der Waals surface area contributed by atoms with Crippen LogP contribution in [-0.4, -0.2) is 105 Å². The van der Waals surface area contributed by atoms with Gasteiger partial charge in [-0.3, -0.25) is 29.3 Å². The number of ether oxygens (including phenoxy) is 1. The van der Waals surface area contributed by atoms with Gasteiger partial charge in [0.05, 0.1) is 29.9 Å².